The van der Waals surface area contributed by atoms with Gasteiger partial charge in [0.25, 0.3) is 5.91 Å². The van der Waals surface area contributed by atoms with Gasteiger partial charge in [0.1, 0.15) is 17.5 Å². The fraction of sp³-hybridized carbons (Fsp3) is 0.318. The smallest absolute Gasteiger partial charge is 0.257 e. The predicted molar refractivity (Wildman–Crippen MR) is 108 cm³/mol. The summed E-state index contributed by atoms with van der Waals surface area (Å²) < 4.78 is 10.3. The van der Waals surface area contributed by atoms with Crippen molar-refractivity contribution in [3.63, 3.8) is 0 Å². The molecule has 1 heterocycles. The number of benzene rings is 2. The molecule has 2 aromatic carbocycles. The SMILES string of the molecule is CCC(=O)N(Cc1ccc(OC)cc1)[C@@H]1CC(=O)N(c2ccc(OC)cc2)C1=O. The second kappa shape index (κ2) is 8.77. The Balaban J connectivity index is 1.84. The lowest BCUT2D eigenvalue weighted by Crippen LogP contribution is -2.44. The lowest BCUT2D eigenvalue weighted by molar-refractivity contribution is -0.138. The number of carbonyl (C=O) groups is 3. The molecule has 0 N–H and O–H groups in total. The van der Waals surface area contributed by atoms with E-state index in [1.807, 2.05) is 12.1 Å². The van der Waals surface area contributed by atoms with Crippen LogP contribution in [0.5, 0.6) is 11.5 Å². The quantitative estimate of drug-likeness (QED) is 0.673. The minimum absolute atomic E-state index is 0.0350. The predicted octanol–water partition coefficient (Wildman–Crippen LogP) is 2.77. The molecule has 1 atom stereocenters. The number of imide groups is 1. The van der Waals surface area contributed by atoms with Crippen LogP contribution in [-0.4, -0.2) is 42.9 Å². The molecule has 1 aliphatic rings. The molecule has 0 aliphatic carbocycles. The van der Waals surface area contributed by atoms with Gasteiger partial charge in [-0.05, 0) is 42.0 Å². The zero-order valence-corrected chi connectivity index (χ0v) is 16.8. The summed E-state index contributed by atoms with van der Waals surface area (Å²) in [5.74, 6) is 0.444. The van der Waals surface area contributed by atoms with Crippen molar-refractivity contribution in [1.82, 2.24) is 4.90 Å². The standard InChI is InChI=1S/C22H24N2O5/c1-4-20(25)23(14-15-5-9-17(28-2)10-6-15)19-13-21(26)24(22(19)27)16-7-11-18(29-3)12-8-16/h5-12,19H,4,13-14H2,1-3H3/t19-/m1/s1. The summed E-state index contributed by atoms with van der Waals surface area (Å²) in [6.45, 7) is 1.99. The Morgan fingerprint density at radius 3 is 2.07 bits per heavy atom. The summed E-state index contributed by atoms with van der Waals surface area (Å²) in [7, 11) is 3.13. The molecule has 0 aromatic heterocycles. The van der Waals surface area contributed by atoms with Gasteiger partial charge >= 0.3 is 0 Å². The van der Waals surface area contributed by atoms with E-state index in [1.54, 1.807) is 57.5 Å². The molecule has 29 heavy (non-hydrogen) atoms. The molecule has 1 aliphatic heterocycles. The van der Waals surface area contributed by atoms with Crippen LogP contribution in [0.25, 0.3) is 0 Å². The Hall–Kier alpha value is -3.35. The summed E-state index contributed by atoms with van der Waals surface area (Å²) in [6.07, 6.45) is 0.212. The van der Waals surface area contributed by atoms with Crippen LogP contribution in [0.1, 0.15) is 25.3 Å². The summed E-state index contributed by atoms with van der Waals surface area (Å²) in [5, 5.41) is 0. The van der Waals surface area contributed by atoms with E-state index in [-0.39, 0.29) is 31.2 Å². The van der Waals surface area contributed by atoms with Crippen molar-refractivity contribution < 1.29 is 23.9 Å². The highest BCUT2D eigenvalue weighted by Crippen LogP contribution is 2.28. The topological polar surface area (TPSA) is 76.2 Å². The maximum absolute atomic E-state index is 13.1. The minimum Gasteiger partial charge on any atom is -0.497 e. The fourth-order valence-electron chi connectivity index (χ4n) is 3.36. The van der Waals surface area contributed by atoms with Crippen molar-refractivity contribution >= 4 is 23.4 Å². The van der Waals surface area contributed by atoms with Crippen molar-refractivity contribution in [2.45, 2.75) is 32.4 Å². The van der Waals surface area contributed by atoms with E-state index in [2.05, 4.69) is 0 Å². The van der Waals surface area contributed by atoms with Crippen LogP contribution in [-0.2, 0) is 20.9 Å². The van der Waals surface area contributed by atoms with Gasteiger partial charge in [-0.2, -0.15) is 0 Å². The number of nitrogens with zero attached hydrogens (tertiary/aromatic N) is 2. The van der Waals surface area contributed by atoms with Crippen LogP contribution < -0.4 is 14.4 Å². The summed E-state index contributed by atoms with van der Waals surface area (Å²) in [6, 6.07) is 13.2. The first kappa shape index (κ1) is 20.4. The molecule has 1 saturated heterocycles. The molecule has 0 saturated carbocycles. The Morgan fingerprint density at radius 2 is 1.55 bits per heavy atom. The average molecular weight is 396 g/mol. The Labute approximate surface area is 169 Å². The van der Waals surface area contributed by atoms with Crippen molar-refractivity contribution in [2.24, 2.45) is 0 Å². The van der Waals surface area contributed by atoms with Gasteiger partial charge in [-0.15, -0.1) is 0 Å². The van der Waals surface area contributed by atoms with E-state index >= 15 is 0 Å². The van der Waals surface area contributed by atoms with Crippen LogP contribution in [0.3, 0.4) is 0 Å². The van der Waals surface area contributed by atoms with E-state index in [9.17, 15) is 14.4 Å². The third kappa shape index (κ3) is 4.23. The van der Waals surface area contributed by atoms with Gasteiger partial charge < -0.3 is 14.4 Å². The molecule has 2 aromatic rings. The molecule has 152 valence electrons. The second-order valence-electron chi connectivity index (χ2n) is 6.71. The van der Waals surface area contributed by atoms with Gasteiger partial charge in [0.15, 0.2) is 0 Å². The number of hydrogen-bond donors (Lipinski definition) is 0. The van der Waals surface area contributed by atoms with Gasteiger partial charge in [0, 0.05) is 13.0 Å². The Bertz CT molecular complexity index is 892. The molecule has 1 fully saturated rings. The van der Waals surface area contributed by atoms with Gasteiger partial charge in [-0.1, -0.05) is 19.1 Å². The number of amides is 3. The molecule has 0 spiro atoms. The molecule has 3 amide bonds. The average Bonchev–Trinajstić information content (AvgIpc) is 3.05. The van der Waals surface area contributed by atoms with E-state index in [4.69, 9.17) is 9.47 Å². The van der Waals surface area contributed by atoms with E-state index in [1.165, 1.54) is 4.90 Å². The zero-order valence-electron chi connectivity index (χ0n) is 16.8. The van der Waals surface area contributed by atoms with E-state index in [0.29, 0.717) is 17.2 Å². The number of ether oxygens (including phenoxy) is 2. The normalized spacial score (nSPS) is 16.1. The second-order valence-corrected chi connectivity index (χ2v) is 6.71. The molecule has 0 radical (unpaired) electrons. The molecule has 0 unspecified atom stereocenters. The Morgan fingerprint density at radius 1 is 1.00 bits per heavy atom. The summed E-state index contributed by atoms with van der Waals surface area (Å²) in [5.41, 5.74) is 1.33. The molecular formula is C22H24N2O5. The van der Waals surface area contributed by atoms with Gasteiger partial charge in [0.05, 0.1) is 26.3 Å². The third-order valence-electron chi connectivity index (χ3n) is 4.96. The van der Waals surface area contributed by atoms with Crippen molar-refractivity contribution in [3.05, 3.63) is 54.1 Å². The van der Waals surface area contributed by atoms with Gasteiger partial charge in [-0.25, -0.2) is 4.90 Å². The number of anilines is 1. The molecule has 7 heteroatoms. The third-order valence-corrected chi connectivity index (χ3v) is 4.96. The van der Waals surface area contributed by atoms with Crippen molar-refractivity contribution in [1.29, 1.82) is 0 Å². The van der Waals surface area contributed by atoms with Gasteiger partial charge in [0.2, 0.25) is 11.8 Å². The molecule has 7 nitrogen and oxygen atoms in total. The molecule has 0 bridgehead atoms. The van der Waals surface area contributed by atoms with Crippen LogP contribution in [0, 0.1) is 0 Å². The number of hydrogen-bond acceptors (Lipinski definition) is 5. The summed E-state index contributed by atoms with van der Waals surface area (Å²) in [4.78, 5) is 41.0. The number of methoxy groups -OCH3 is 2. The maximum atomic E-state index is 13.1. The molecular weight excluding hydrogens is 372 g/mol. The van der Waals surface area contributed by atoms with Crippen LogP contribution in [0.15, 0.2) is 48.5 Å². The fourth-order valence-corrected chi connectivity index (χ4v) is 3.36. The first-order valence-electron chi connectivity index (χ1n) is 9.41. The minimum atomic E-state index is -0.820. The van der Waals surface area contributed by atoms with Crippen molar-refractivity contribution in [2.75, 3.05) is 19.1 Å². The zero-order chi connectivity index (χ0) is 21.0. The van der Waals surface area contributed by atoms with E-state index < -0.39 is 11.9 Å². The van der Waals surface area contributed by atoms with Crippen LogP contribution in [0.2, 0.25) is 0 Å². The van der Waals surface area contributed by atoms with Gasteiger partial charge in [-0.3, -0.25) is 14.4 Å². The summed E-state index contributed by atoms with van der Waals surface area (Å²) >= 11 is 0. The highest BCUT2D eigenvalue weighted by atomic mass is 16.5. The van der Waals surface area contributed by atoms with Crippen molar-refractivity contribution in [3.8, 4) is 11.5 Å². The first-order chi connectivity index (χ1) is 14.0. The largest absolute Gasteiger partial charge is 0.497 e. The number of rotatable bonds is 7. The highest BCUT2D eigenvalue weighted by Gasteiger charge is 2.44. The monoisotopic (exact) mass is 396 g/mol. The Kier molecular flexibility index (Phi) is 6.16. The van der Waals surface area contributed by atoms with Crippen LogP contribution >= 0.6 is 0 Å². The van der Waals surface area contributed by atoms with Crippen LogP contribution in [0.4, 0.5) is 5.69 Å². The lowest BCUT2D eigenvalue weighted by atomic mass is 10.1. The van der Waals surface area contributed by atoms with E-state index in [0.717, 1.165) is 10.5 Å². The maximum Gasteiger partial charge on any atom is 0.257 e. The lowest BCUT2D eigenvalue weighted by Gasteiger charge is -2.27. The molecule has 3 rings (SSSR count). The first-order valence-corrected chi connectivity index (χ1v) is 9.41. The number of carbonyl (C=O) groups excluding carboxylic acids is 3. The highest BCUT2D eigenvalue weighted by molar-refractivity contribution is 6.23.